The molecule has 1 amide bonds. The summed E-state index contributed by atoms with van der Waals surface area (Å²) in [6.45, 7) is 0. The highest BCUT2D eigenvalue weighted by molar-refractivity contribution is 6.05. The molecule has 0 fully saturated rings. The molecule has 0 saturated heterocycles. The number of amides is 1. The zero-order valence-electron chi connectivity index (χ0n) is 13.0. The third-order valence-corrected chi connectivity index (χ3v) is 3.78. The fourth-order valence-corrected chi connectivity index (χ4v) is 2.54. The van der Waals surface area contributed by atoms with Gasteiger partial charge in [0.2, 0.25) is 0 Å². The van der Waals surface area contributed by atoms with E-state index in [4.69, 9.17) is 4.42 Å². The lowest BCUT2D eigenvalue weighted by Crippen LogP contribution is -2.20. The van der Waals surface area contributed by atoms with Crippen molar-refractivity contribution >= 4 is 22.6 Å². The Labute approximate surface area is 142 Å². The number of para-hydroxylation sites is 1. The van der Waals surface area contributed by atoms with Crippen LogP contribution in [0.25, 0.3) is 16.7 Å². The molecule has 2 heterocycles. The molecule has 122 valence electrons. The number of carbonyl (C=O) groups excluding carboxylic acids is 1. The van der Waals surface area contributed by atoms with Gasteiger partial charge in [-0.25, -0.2) is 9.48 Å². The van der Waals surface area contributed by atoms with Gasteiger partial charge in [0.05, 0.1) is 5.69 Å². The highest BCUT2D eigenvalue weighted by Gasteiger charge is 2.14. The van der Waals surface area contributed by atoms with Gasteiger partial charge in [-0.2, -0.15) is 5.10 Å². The Balaban J connectivity index is 1.60. The molecule has 0 saturated carbocycles. The molecule has 0 aliphatic rings. The van der Waals surface area contributed by atoms with Crippen molar-refractivity contribution in [2.45, 2.75) is 0 Å². The smallest absolute Gasteiger partial charge is 0.349 e. The number of rotatable bonds is 3. The number of fused-ring (bicyclic) bond motifs is 1. The monoisotopic (exact) mass is 331 g/mol. The number of hydrogen-bond acceptors (Lipinski definition) is 4. The van der Waals surface area contributed by atoms with Crippen LogP contribution in [0.3, 0.4) is 0 Å². The predicted molar refractivity (Wildman–Crippen MR) is 94.0 cm³/mol. The predicted octanol–water partition coefficient (Wildman–Crippen LogP) is 3.23. The van der Waals surface area contributed by atoms with Gasteiger partial charge in [0, 0.05) is 23.5 Å². The normalized spacial score (nSPS) is 10.7. The summed E-state index contributed by atoms with van der Waals surface area (Å²) in [6, 6.07) is 17.6. The van der Waals surface area contributed by atoms with Gasteiger partial charge in [-0.05, 0) is 42.5 Å². The average Bonchev–Trinajstić information content (AvgIpc) is 3.16. The van der Waals surface area contributed by atoms with Crippen LogP contribution >= 0.6 is 0 Å². The molecular formula is C19H13N3O3. The number of nitrogens with zero attached hydrogens (tertiary/aromatic N) is 2. The quantitative estimate of drug-likeness (QED) is 0.585. The minimum absolute atomic E-state index is 0.0325. The number of anilines is 1. The summed E-state index contributed by atoms with van der Waals surface area (Å²) in [5, 5.41) is 7.54. The molecule has 0 atom stereocenters. The fourth-order valence-electron chi connectivity index (χ4n) is 2.54. The van der Waals surface area contributed by atoms with Crippen LogP contribution in [0.5, 0.6) is 0 Å². The van der Waals surface area contributed by atoms with E-state index >= 15 is 0 Å². The Bertz CT molecular complexity index is 1100. The van der Waals surface area contributed by atoms with E-state index in [9.17, 15) is 9.59 Å². The second-order valence-electron chi connectivity index (χ2n) is 5.44. The zero-order valence-corrected chi connectivity index (χ0v) is 13.0. The Morgan fingerprint density at radius 2 is 1.84 bits per heavy atom. The Hall–Kier alpha value is -3.67. The van der Waals surface area contributed by atoms with E-state index in [0.717, 1.165) is 5.69 Å². The summed E-state index contributed by atoms with van der Waals surface area (Å²) in [7, 11) is 0. The molecule has 0 aliphatic heterocycles. The molecule has 0 spiro atoms. The van der Waals surface area contributed by atoms with Gasteiger partial charge in [0.25, 0.3) is 5.91 Å². The molecular weight excluding hydrogens is 318 g/mol. The van der Waals surface area contributed by atoms with Gasteiger partial charge in [0.15, 0.2) is 0 Å². The molecule has 4 rings (SSSR count). The number of hydrogen-bond donors (Lipinski definition) is 1. The van der Waals surface area contributed by atoms with Crippen molar-refractivity contribution in [1.82, 2.24) is 9.78 Å². The lowest BCUT2D eigenvalue weighted by atomic mass is 10.1. The number of benzene rings is 2. The van der Waals surface area contributed by atoms with Crippen molar-refractivity contribution in [3.63, 3.8) is 0 Å². The van der Waals surface area contributed by atoms with Crippen molar-refractivity contribution in [3.05, 3.63) is 89.0 Å². The van der Waals surface area contributed by atoms with E-state index < -0.39 is 11.5 Å². The van der Waals surface area contributed by atoms with E-state index in [0.29, 0.717) is 16.7 Å². The minimum atomic E-state index is -0.663. The SMILES string of the molecule is O=C(Nc1ccc(-n2cccn2)cc1)c1cc2ccccc2oc1=O. The summed E-state index contributed by atoms with van der Waals surface area (Å²) in [6.07, 6.45) is 3.52. The van der Waals surface area contributed by atoms with Crippen LogP contribution < -0.4 is 10.9 Å². The number of aromatic nitrogens is 2. The molecule has 0 radical (unpaired) electrons. The van der Waals surface area contributed by atoms with Crippen LogP contribution in [-0.4, -0.2) is 15.7 Å². The summed E-state index contributed by atoms with van der Waals surface area (Å²) < 4.78 is 6.90. The van der Waals surface area contributed by atoms with E-state index in [-0.39, 0.29) is 5.56 Å². The largest absolute Gasteiger partial charge is 0.422 e. The molecule has 2 aromatic heterocycles. The average molecular weight is 331 g/mol. The molecule has 6 nitrogen and oxygen atoms in total. The lowest BCUT2D eigenvalue weighted by molar-refractivity contribution is 0.102. The second-order valence-corrected chi connectivity index (χ2v) is 5.44. The maximum absolute atomic E-state index is 12.4. The van der Waals surface area contributed by atoms with E-state index in [1.807, 2.05) is 30.5 Å². The first-order valence-electron chi connectivity index (χ1n) is 7.65. The van der Waals surface area contributed by atoms with Gasteiger partial charge < -0.3 is 9.73 Å². The summed E-state index contributed by atoms with van der Waals surface area (Å²) in [5.74, 6) is -0.508. The highest BCUT2D eigenvalue weighted by Crippen LogP contribution is 2.16. The van der Waals surface area contributed by atoms with Crippen molar-refractivity contribution in [1.29, 1.82) is 0 Å². The molecule has 4 aromatic rings. The van der Waals surface area contributed by atoms with Gasteiger partial charge in [-0.15, -0.1) is 0 Å². The van der Waals surface area contributed by atoms with Crippen LogP contribution in [0.15, 0.2) is 82.3 Å². The Kier molecular flexibility index (Phi) is 3.63. The molecule has 0 unspecified atom stereocenters. The van der Waals surface area contributed by atoms with Gasteiger partial charge in [0.1, 0.15) is 11.1 Å². The first kappa shape index (κ1) is 14.9. The van der Waals surface area contributed by atoms with Gasteiger partial charge in [-0.1, -0.05) is 18.2 Å². The van der Waals surface area contributed by atoms with E-state index in [1.54, 1.807) is 41.2 Å². The van der Waals surface area contributed by atoms with Crippen molar-refractivity contribution in [2.75, 3.05) is 5.32 Å². The molecule has 2 aromatic carbocycles. The van der Waals surface area contributed by atoms with Crippen molar-refractivity contribution in [2.24, 2.45) is 0 Å². The standard InChI is InChI=1S/C19H13N3O3/c23-18(16-12-13-4-1-2-5-17(13)25-19(16)24)21-14-6-8-15(9-7-14)22-11-3-10-20-22/h1-12H,(H,21,23). The summed E-state index contributed by atoms with van der Waals surface area (Å²) in [5.41, 5.74) is 1.20. The lowest BCUT2D eigenvalue weighted by Gasteiger charge is -2.07. The highest BCUT2D eigenvalue weighted by atomic mass is 16.4. The topological polar surface area (TPSA) is 77.1 Å². The Morgan fingerprint density at radius 1 is 1.04 bits per heavy atom. The first-order valence-corrected chi connectivity index (χ1v) is 7.65. The first-order chi connectivity index (χ1) is 12.2. The molecule has 0 aliphatic carbocycles. The number of nitrogens with one attached hydrogen (secondary N) is 1. The van der Waals surface area contributed by atoms with Crippen molar-refractivity contribution < 1.29 is 9.21 Å². The minimum Gasteiger partial charge on any atom is -0.422 e. The van der Waals surface area contributed by atoms with Crippen LogP contribution in [-0.2, 0) is 0 Å². The summed E-state index contributed by atoms with van der Waals surface area (Å²) in [4.78, 5) is 24.4. The fraction of sp³-hybridized carbons (Fsp3) is 0. The second kappa shape index (κ2) is 6.09. The van der Waals surface area contributed by atoms with Crippen LogP contribution in [0.1, 0.15) is 10.4 Å². The van der Waals surface area contributed by atoms with E-state index in [2.05, 4.69) is 10.4 Å². The maximum Gasteiger partial charge on any atom is 0.349 e. The number of carbonyl (C=O) groups is 1. The molecule has 0 bridgehead atoms. The molecule has 6 heteroatoms. The zero-order chi connectivity index (χ0) is 17.2. The van der Waals surface area contributed by atoms with Crippen LogP contribution in [0, 0.1) is 0 Å². The van der Waals surface area contributed by atoms with E-state index in [1.165, 1.54) is 6.07 Å². The van der Waals surface area contributed by atoms with Crippen LogP contribution in [0.2, 0.25) is 0 Å². The Morgan fingerprint density at radius 3 is 2.60 bits per heavy atom. The van der Waals surface area contributed by atoms with Crippen molar-refractivity contribution in [3.8, 4) is 5.69 Å². The molecule has 25 heavy (non-hydrogen) atoms. The third-order valence-electron chi connectivity index (χ3n) is 3.78. The summed E-state index contributed by atoms with van der Waals surface area (Å²) >= 11 is 0. The van der Waals surface area contributed by atoms with Gasteiger partial charge >= 0.3 is 5.63 Å². The third kappa shape index (κ3) is 2.92. The molecule has 1 N–H and O–H groups in total. The van der Waals surface area contributed by atoms with Gasteiger partial charge in [-0.3, -0.25) is 4.79 Å². The maximum atomic E-state index is 12.4. The van der Waals surface area contributed by atoms with Crippen LogP contribution in [0.4, 0.5) is 5.69 Å².